The quantitative estimate of drug-likeness (QED) is 0.729. The van der Waals surface area contributed by atoms with Crippen LogP contribution in [-0.4, -0.2) is 10.2 Å². The van der Waals surface area contributed by atoms with Gasteiger partial charge in [0.25, 0.3) is 0 Å². The van der Waals surface area contributed by atoms with Crippen LogP contribution in [0.1, 0.15) is 36.0 Å². The van der Waals surface area contributed by atoms with Crippen LogP contribution in [0.15, 0.2) is 6.07 Å². The Balaban J connectivity index is 2.51. The molecular weight excluding hydrogens is 188 g/mol. The van der Waals surface area contributed by atoms with E-state index in [1.165, 1.54) is 12.0 Å². The van der Waals surface area contributed by atoms with Gasteiger partial charge in [0.05, 0.1) is 0 Å². The lowest BCUT2D eigenvalue weighted by Crippen LogP contribution is -2.07. The van der Waals surface area contributed by atoms with E-state index in [1.54, 1.807) is 6.07 Å². The first kappa shape index (κ1) is 10.3. The highest BCUT2D eigenvalue weighted by Gasteiger charge is 2.19. The van der Waals surface area contributed by atoms with Crippen molar-refractivity contribution in [2.75, 3.05) is 0 Å². The molecule has 81 valence electrons. The maximum Gasteiger partial charge on any atom is 0.160 e. The van der Waals surface area contributed by atoms with Crippen LogP contribution < -0.4 is 0 Å². The van der Waals surface area contributed by atoms with E-state index < -0.39 is 0 Å². The highest BCUT2D eigenvalue weighted by Crippen LogP contribution is 2.38. The number of phenolic OH excluding ortho intramolecular Hbond substituents is 2. The number of fused-ring (bicyclic) bond motifs is 1. The van der Waals surface area contributed by atoms with Crippen molar-refractivity contribution < 1.29 is 10.2 Å². The number of aryl methyl sites for hydroxylation is 1. The number of rotatable bonds is 2. The number of hydrogen-bond donors (Lipinski definition) is 2. The maximum atomic E-state index is 9.77. The van der Waals surface area contributed by atoms with Crippen molar-refractivity contribution in [2.45, 2.75) is 38.5 Å². The Bertz CT molecular complexity index is 369. The molecule has 0 heterocycles. The Labute approximate surface area is 90.6 Å². The average molecular weight is 205 g/mol. The van der Waals surface area contributed by atoms with Gasteiger partial charge in [0.2, 0.25) is 0 Å². The molecule has 1 aliphatic rings. The van der Waals surface area contributed by atoms with Gasteiger partial charge in [0.1, 0.15) is 0 Å². The highest BCUT2D eigenvalue weighted by atomic mass is 16.3. The molecule has 2 nitrogen and oxygen atoms in total. The second-order valence-electron chi connectivity index (χ2n) is 4.17. The minimum Gasteiger partial charge on any atom is -0.504 e. The van der Waals surface area contributed by atoms with Gasteiger partial charge in [-0.1, -0.05) is 6.92 Å². The molecular formula is C13H17O2. The standard InChI is InChI=1S/C13H17O2/c1-2-5-9-8-12(14)13(15)11-7-4-3-6-10(9)11/h8,14-15H,1-7H2. The van der Waals surface area contributed by atoms with Crippen molar-refractivity contribution >= 4 is 0 Å². The van der Waals surface area contributed by atoms with Crippen LogP contribution in [0.25, 0.3) is 0 Å². The zero-order chi connectivity index (χ0) is 10.8. The summed E-state index contributed by atoms with van der Waals surface area (Å²) in [6.07, 6.45) is 5.92. The molecule has 15 heavy (non-hydrogen) atoms. The van der Waals surface area contributed by atoms with E-state index in [1.807, 2.05) is 0 Å². The van der Waals surface area contributed by atoms with Crippen molar-refractivity contribution in [1.29, 1.82) is 0 Å². The smallest absolute Gasteiger partial charge is 0.160 e. The number of hydrogen-bond acceptors (Lipinski definition) is 2. The van der Waals surface area contributed by atoms with Gasteiger partial charge in [-0.2, -0.15) is 0 Å². The fraction of sp³-hybridized carbons (Fsp3) is 0.462. The Hall–Kier alpha value is -1.18. The molecule has 1 aromatic rings. The zero-order valence-electron chi connectivity index (χ0n) is 8.92. The van der Waals surface area contributed by atoms with Crippen LogP contribution in [0.5, 0.6) is 11.5 Å². The molecule has 2 heteroatoms. The van der Waals surface area contributed by atoms with Gasteiger partial charge in [0.15, 0.2) is 11.5 Å². The third-order valence-electron chi connectivity index (χ3n) is 3.14. The Kier molecular flexibility index (Phi) is 2.85. The number of aromatic hydroxyl groups is 2. The summed E-state index contributed by atoms with van der Waals surface area (Å²) < 4.78 is 0. The molecule has 1 aliphatic carbocycles. The molecule has 0 aliphatic heterocycles. The summed E-state index contributed by atoms with van der Waals surface area (Å²) >= 11 is 0. The van der Waals surface area contributed by atoms with Crippen molar-refractivity contribution in [3.63, 3.8) is 0 Å². The third kappa shape index (κ3) is 1.81. The molecule has 0 amide bonds. The summed E-state index contributed by atoms with van der Waals surface area (Å²) in [5.41, 5.74) is 3.37. The first-order chi connectivity index (χ1) is 7.24. The van der Waals surface area contributed by atoms with Crippen molar-refractivity contribution in [2.24, 2.45) is 0 Å². The second kappa shape index (κ2) is 4.13. The minimum absolute atomic E-state index is 0.0269. The molecule has 0 spiro atoms. The Morgan fingerprint density at radius 2 is 1.80 bits per heavy atom. The molecule has 0 atom stereocenters. The van der Waals surface area contributed by atoms with Crippen LogP contribution in [0.3, 0.4) is 0 Å². The van der Waals surface area contributed by atoms with Crippen LogP contribution in [-0.2, 0) is 19.3 Å². The molecule has 2 N–H and O–H groups in total. The van der Waals surface area contributed by atoms with Crippen LogP contribution in [0.2, 0.25) is 0 Å². The largest absolute Gasteiger partial charge is 0.504 e. The lowest BCUT2D eigenvalue weighted by Gasteiger charge is -2.21. The zero-order valence-corrected chi connectivity index (χ0v) is 8.92. The van der Waals surface area contributed by atoms with Crippen molar-refractivity contribution in [3.05, 3.63) is 29.7 Å². The molecule has 0 fully saturated rings. The lowest BCUT2D eigenvalue weighted by atomic mass is 9.86. The predicted molar refractivity (Wildman–Crippen MR) is 60.1 cm³/mol. The van der Waals surface area contributed by atoms with Crippen LogP contribution >= 0.6 is 0 Å². The minimum atomic E-state index is 0.0269. The molecule has 1 aromatic carbocycles. The van der Waals surface area contributed by atoms with E-state index in [4.69, 9.17) is 0 Å². The van der Waals surface area contributed by atoms with Gasteiger partial charge in [-0.15, -0.1) is 0 Å². The van der Waals surface area contributed by atoms with E-state index in [0.29, 0.717) is 0 Å². The second-order valence-corrected chi connectivity index (χ2v) is 4.17. The molecule has 0 saturated heterocycles. The Morgan fingerprint density at radius 3 is 2.47 bits per heavy atom. The molecule has 0 aromatic heterocycles. The normalized spacial score (nSPS) is 15.0. The summed E-state index contributed by atoms with van der Waals surface area (Å²) in [5.74, 6) is 0.122. The van der Waals surface area contributed by atoms with E-state index in [0.717, 1.165) is 43.2 Å². The monoisotopic (exact) mass is 205 g/mol. The predicted octanol–water partition coefficient (Wildman–Crippen LogP) is 2.74. The highest BCUT2D eigenvalue weighted by molar-refractivity contribution is 5.54. The molecule has 2 rings (SSSR count). The van der Waals surface area contributed by atoms with Gasteiger partial charge in [-0.05, 0) is 55.7 Å². The summed E-state index contributed by atoms with van der Waals surface area (Å²) in [6.45, 7) is 3.84. The summed E-state index contributed by atoms with van der Waals surface area (Å²) in [7, 11) is 0. The van der Waals surface area contributed by atoms with E-state index in [-0.39, 0.29) is 11.5 Å². The molecule has 0 bridgehead atoms. The molecule has 0 saturated carbocycles. The Morgan fingerprint density at radius 1 is 1.13 bits per heavy atom. The maximum absolute atomic E-state index is 9.77. The lowest BCUT2D eigenvalue weighted by molar-refractivity contribution is 0.395. The summed E-state index contributed by atoms with van der Waals surface area (Å²) in [4.78, 5) is 0. The topological polar surface area (TPSA) is 40.5 Å². The SMILES string of the molecule is [CH2]CCc1cc(O)c(O)c2c1CCCC2. The number of benzene rings is 1. The molecule has 1 radical (unpaired) electrons. The van der Waals surface area contributed by atoms with Crippen molar-refractivity contribution in [3.8, 4) is 11.5 Å². The van der Waals surface area contributed by atoms with Gasteiger partial charge in [-0.3, -0.25) is 0 Å². The van der Waals surface area contributed by atoms with Crippen LogP contribution in [0.4, 0.5) is 0 Å². The van der Waals surface area contributed by atoms with Gasteiger partial charge in [-0.25, -0.2) is 0 Å². The first-order valence-corrected chi connectivity index (χ1v) is 5.59. The fourth-order valence-corrected chi connectivity index (χ4v) is 2.41. The summed E-state index contributed by atoms with van der Waals surface area (Å²) in [5, 5.41) is 19.4. The van der Waals surface area contributed by atoms with E-state index in [9.17, 15) is 10.2 Å². The number of phenols is 2. The van der Waals surface area contributed by atoms with E-state index in [2.05, 4.69) is 6.92 Å². The average Bonchev–Trinajstić information content (AvgIpc) is 2.26. The van der Waals surface area contributed by atoms with Crippen molar-refractivity contribution in [1.82, 2.24) is 0 Å². The van der Waals surface area contributed by atoms with Gasteiger partial charge < -0.3 is 10.2 Å². The van der Waals surface area contributed by atoms with Gasteiger partial charge in [0, 0.05) is 5.56 Å². The van der Waals surface area contributed by atoms with Crippen LogP contribution in [0, 0.1) is 6.92 Å². The van der Waals surface area contributed by atoms with E-state index >= 15 is 0 Å². The third-order valence-corrected chi connectivity index (χ3v) is 3.14. The summed E-state index contributed by atoms with van der Waals surface area (Å²) in [6, 6.07) is 1.70. The fourth-order valence-electron chi connectivity index (χ4n) is 2.41. The van der Waals surface area contributed by atoms with Gasteiger partial charge >= 0.3 is 0 Å². The molecule has 0 unspecified atom stereocenters. The first-order valence-electron chi connectivity index (χ1n) is 5.59.